The Bertz CT molecular complexity index is 373. The lowest BCUT2D eigenvalue weighted by Gasteiger charge is -2.11. The van der Waals surface area contributed by atoms with Crippen molar-refractivity contribution < 1.29 is 31.8 Å². The molecule has 0 bridgehead atoms. The Morgan fingerprint density at radius 1 is 1.20 bits per heavy atom. The van der Waals surface area contributed by atoms with Crippen LogP contribution < -0.4 is 4.74 Å². The van der Waals surface area contributed by atoms with E-state index in [1.54, 1.807) is 6.92 Å². The molecule has 7 heteroatoms. The molecular formula is C13H17F5O2. The summed E-state index contributed by atoms with van der Waals surface area (Å²) in [5, 5.41) is 8.66. The van der Waals surface area contributed by atoms with Gasteiger partial charge in [-0.05, 0) is 18.6 Å². The Labute approximate surface area is 114 Å². The van der Waals surface area contributed by atoms with Gasteiger partial charge < -0.3 is 9.84 Å². The monoisotopic (exact) mass is 300 g/mol. The number of hydrogen-bond donors (Lipinski definition) is 1. The summed E-state index contributed by atoms with van der Waals surface area (Å²) in [6.07, 6.45) is -5.73. The summed E-state index contributed by atoms with van der Waals surface area (Å²) in [7, 11) is 1.22. The largest absolute Gasteiger partial charge is 0.491 e. The molecule has 0 aliphatic rings. The fourth-order valence-electron chi connectivity index (χ4n) is 1.38. The maximum Gasteiger partial charge on any atom is 0.391 e. The topological polar surface area (TPSA) is 29.5 Å². The van der Waals surface area contributed by atoms with Crippen molar-refractivity contribution in [3.63, 3.8) is 0 Å². The molecule has 0 fully saturated rings. The second-order valence-electron chi connectivity index (χ2n) is 4.02. The van der Waals surface area contributed by atoms with Gasteiger partial charge in [0.2, 0.25) is 0 Å². The summed E-state index contributed by atoms with van der Waals surface area (Å²) in [4.78, 5) is 0. The third-order valence-corrected chi connectivity index (χ3v) is 2.21. The molecule has 0 aromatic heterocycles. The number of rotatable bonds is 4. The normalized spacial score (nSPS) is 12.4. The van der Waals surface area contributed by atoms with Gasteiger partial charge in [-0.2, -0.15) is 13.2 Å². The third kappa shape index (κ3) is 7.93. The van der Waals surface area contributed by atoms with E-state index < -0.39 is 30.3 Å². The van der Waals surface area contributed by atoms with Gasteiger partial charge in [-0.25, -0.2) is 8.78 Å². The van der Waals surface area contributed by atoms with Gasteiger partial charge in [-0.15, -0.1) is 0 Å². The highest BCUT2D eigenvalue weighted by molar-refractivity contribution is 5.25. The smallest absolute Gasteiger partial charge is 0.391 e. The zero-order valence-electron chi connectivity index (χ0n) is 11.2. The number of benzene rings is 1. The highest BCUT2D eigenvalue weighted by Gasteiger charge is 2.30. The fourth-order valence-corrected chi connectivity index (χ4v) is 1.38. The lowest BCUT2D eigenvalue weighted by molar-refractivity contribution is -0.153. The highest BCUT2D eigenvalue weighted by Crippen LogP contribution is 2.23. The molecule has 1 rings (SSSR count). The number of halogens is 5. The minimum atomic E-state index is -4.23. The van der Waals surface area contributed by atoms with Gasteiger partial charge in [-0.1, -0.05) is 19.4 Å². The van der Waals surface area contributed by atoms with E-state index in [0.717, 1.165) is 12.1 Å². The van der Waals surface area contributed by atoms with E-state index in [9.17, 15) is 22.0 Å². The maximum atomic E-state index is 12.5. The first-order chi connectivity index (χ1) is 9.21. The summed E-state index contributed by atoms with van der Waals surface area (Å²) >= 11 is 0. The quantitative estimate of drug-likeness (QED) is 0.849. The molecule has 1 atom stereocenters. The summed E-state index contributed by atoms with van der Waals surface area (Å²) in [5.74, 6) is -1.69. The minimum absolute atomic E-state index is 0.222. The molecule has 0 amide bonds. The van der Waals surface area contributed by atoms with E-state index >= 15 is 0 Å². The number of aliphatic hydroxyl groups excluding tert-OH is 1. The average Bonchev–Trinajstić information content (AvgIpc) is 2.28. The Hall–Kier alpha value is -1.37. The maximum absolute atomic E-state index is 12.5. The Morgan fingerprint density at radius 2 is 1.70 bits per heavy atom. The van der Waals surface area contributed by atoms with Crippen LogP contribution >= 0.6 is 0 Å². The molecule has 1 N–H and O–H groups in total. The molecule has 0 saturated heterocycles. The highest BCUT2D eigenvalue weighted by atomic mass is 19.4. The van der Waals surface area contributed by atoms with Gasteiger partial charge in [0.15, 0.2) is 17.4 Å². The van der Waals surface area contributed by atoms with Crippen LogP contribution in [-0.2, 0) is 0 Å². The van der Waals surface area contributed by atoms with E-state index in [4.69, 9.17) is 5.11 Å². The molecule has 0 aliphatic heterocycles. The van der Waals surface area contributed by atoms with Gasteiger partial charge in [0.25, 0.3) is 0 Å². The summed E-state index contributed by atoms with van der Waals surface area (Å²) in [5.41, 5.74) is 0. The van der Waals surface area contributed by atoms with E-state index in [2.05, 4.69) is 4.74 Å². The zero-order valence-corrected chi connectivity index (χ0v) is 11.2. The molecule has 0 heterocycles. The average molecular weight is 300 g/mol. The first kappa shape index (κ1) is 18.6. The molecule has 0 saturated carbocycles. The van der Waals surface area contributed by atoms with Crippen molar-refractivity contribution in [2.75, 3.05) is 7.11 Å². The molecule has 1 unspecified atom stereocenters. The van der Waals surface area contributed by atoms with Crippen LogP contribution in [0.3, 0.4) is 0 Å². The molecule has 1 aromatic rings. The van der Waals surface area contributed by atoms with Gasteiger partial charge in [0, 0.05) is 0 Å². The van der Waals surface area contributed by atoms with E-state index in [0.29, 0.717) is 6.42 Å². The van der Waals surface area contributed by atoms with Crippen LogP contribution in [0, 0.1) is 11.6 Å². The Morgan fingerprint density at radius 3 is 2.00 bits per heavy atom. The predicted molar refractivity (Wildman–Crippen MR) is 64.5 cm³/mol. The van der Waals surface area contributed by atoms with Crippen LogP contribution in [0.15, 0.2) is 18.2 Å². The number of para-hydroxylation sites is 1. The van der Waals surface area contributed by atoms with Crippen LogP contribution in [0.5, 0.6) is 5.75 Å². The standard InChI is InChI=1S/C7H6F2O.C6H11F3O/c1-10-7-5(8)3-2-4-6(7)9;1-2-3-5(10)4-6(7,8)9/h2-4H,1H3;5,10H,2-4H2,1H3. The predicted octanol–water partition coefficient (Wildman–Crippen LogP) is 4.07. The van der Waals surface area contributed by atoms with Crippen molar-refractivity contribution in [1.82, 2.24) is 0 Å². The first-order valence-corrected chi connectivity index (χ1v) is 5.94. The number of methoxy groups -OCH3 is 1. The van der Waals surface area contributed by atoms with Gasteiger partial charge in [0.1, 0.15) is 0 Å². The molecule has 0 aliphatic carbocycles. The van der Waals surface area contributed by atoms with Crippen molar-refractivity contribution in [3.8, 4) is 5.75 Å². The summed E-state index contributed by atoms with van der Waals surface area (Å²) < 4.78 is 63.8. The second kappa shape index (κ2) is 8.73. The number of alkyl halides is 3. The van der Waals surface area contributed by atoms with Gasteiger partial charge >= 0.3 is 6.18 Å². The summed E-state index contributed by atoms with van der Waals surface area (Å²) in [6.45, 7) is 1.74. The van der Waals surface area contributed by atoms with Gasteiger partial charge in [-0.3, -0.25) is 0 Å². The number of hydrogen-bond acceptors (Lipinski definition) is 2. The SMILES string of the molecule is CCCC(O)CC(F)(F)F.COc1c(F)cccc1F. The van der Waals surface area contributed by atoms with Crippen molar-refractivity contribution in [3.05, 3.63) is 29.8 Å². The molecule has 0 radical (unpaired) electrons. The molecule has 0 spiro atoms. The summed E-state index contributed by atoms with van der Waals surface area (Å²) in [6, 6.07) is 3.57. The van der Waals surface area contributed by atoms with Crippen molar-refractivity contribution in [2.24, 2.45) is 0 Å². The number of ether oxygens (including phenoxy) is 1. The van der Waals surface area contributed by atoms with E-state index in [1.165, 1.54) is 13.2 Å². The lowest BCUT2D eigenvalue weighted by Crippen LogP contribution is -2.18. The first-order valence-electron chi connectivity index (χ1n) is 5.94. The minimum Gasteiger partial charge on any atom is -0.491 e. The molecule has 20 heavy (non-hydrogen) atoms. The number of aliphatic hydroxyl groups is 1. The Kier molecular flexibility index (Phi) is 8.13. The lowest BCUT2D eigenvalue weighted by atomic mass is 10.1. The van der Waals surface area contributed by atoms with Crippen LogP contribution in [-0.4, -0.2) is 24.5 Å². The van der Waals surface area contributed by atoms with Crippen molar-refractivity contribution in [1.29, 1.82) is 0 Å². The zero-order chi connectivity index (χ0) is 15.8. The van der Waals surface area contributed by atoms with Crippen LogP contribution in [0.1, 0.15) is 26.2 Å². The van der Waals surface area contributed by atoms with E-state index in [1.807, 2.05) is 0 Å². The van der Waals surface area contributed by atoms with Crippen molar-refractivity contribution in [2.45, 2.75) is 38.5 Å². The fraction of sp³-hybridized carbons (Fsp3) is 0.538. The van der Waals surface area contributed by atoms with Crippen LogP contribution in [0.4, 0.5) is 22.0 Å². The Balaban J connectivity index is 0.000000361. The van der Waals surface area contributed by atoms with Gasteiger partial charge in [0.05, 0.1) is 19.6 Å². The second-order valence-corrected chi connectivity index (χ2v) is 4.02. The van der Waals surface area contributed by atoms with Crippen molar-refractivity contribution >= 4 is 0 Å². The molecule has 2 nitrogen and oxygen atoms in total. The van der Waals surface area contributed by atoms with E-state index in [-0.39, 0.29) is 12.2 Å². The molecule has 116 valence electrons. The van der Waals surface area contributed by atoms with Crippen LogP contribution in [0.2, 0.25) is 0 Å². The third-order valence-electron chi connectivity index (χ3n) is 2.21. The molecular weight excluding hydrogens is 283 g/mol. The molecule has 1 aromatic carbocycles. The van der Waals surface area contributed by atoms with Crippen LogP contribution in [0.25, 0.3) is 0 Å².